The van der Waals surface area contributed by atoms with Crippen LogP contribution in [0.2, 0.25) is 0 Å². The molecule has 1 atom stereocenters. The van der Waals surface area contributed by atoms with E-state index >= 15 is 0 Å². The average Bonchev–Trinajstić information content (AvgIpc) is 2.89. The Hall–Kier alpha value is -3.88. The second kappa shape index (κ2) is 12.4. The van der Waals surface area contributed by atoms with Crippen LogP contribution >= 0.6 is 0 Å². The summed E-state index contributed by atoms with van der Waals surface area (Å²) in [5, 5.41) is 0. The molecule has 37 heavy (non-hydrogen) atoms. The number of amides is 2. The van der Waals surface area contributed by atoms with Crippen LogP contribution in [0.3, 0.4) is 0 Å². The maximum Gasteiger partial charge on any atom is 0.336 e. The van der Waals surface area contributed by atoms with Gasteiger partial charge in [0.1, 0.15) is 12.4 Å². The Morgan fingerprint density at radius 3 is 2.38 bits per heavy atom. The minimum Gasteiger partial charge on any atom is -0.493 e. The molecule has 0 radical (unpaired) electrons. The van der Waals surface area contributed by atoms with E-state index in [1.807, 2.05) is 18.2 Å². The van der Waals surface area contributed by atoms with Gasteiger partial charge in [-0.2, -0.15) is 0 Å². The zero-order valence-corrected chi connectivity index (χ0v) is 21.9. The zero-order chi connectivity index (χ0) is 27.1. The third-order valence-corrected chi connectivity index (χ3v) is 6.49. The van der Waals surface area contributed by atoms with Gasteiger partial charge in [0, 0.05) is 31.6 Å². The number of nitrogens with zero attached hydrogens (tertiary/aromatic N) is 2. The standard InChI is InChI=1S/C28H33FN2O6/c1-6-37-28(34)27-18(2)31(25(32)16-22(27)20-8-10-21(29)11-9-20)17-26(33)30(3)14-13-19-7-12-23(35-4)24(15-19)36-5/h7-12,15,22H,6,13-14,16-17H2,1-5H3. The van der Waals surface area contributed by atoms with Gasteiger partial charge < -0.3 is 24.0 Å². The van der Waals surface area contributed by atoms with Gasteiger partial charge in [-0.15, -0.1) is 0 Å². The highest BCUT2D eigenvalue weighted by atomic mass is 19.1. The van der Waals surface area contributed by atoms with E-state index in [1.54, 1.807) is 52.1 Å². The van der Waals surface area contributed by atoms with Gasteiger partial charge in [0.2, 0.25) is 11.8 Å². The number of rotatable bonds is 10. The van der Waals surface area contributed by atoms with Gasteiger partial charge >= 0.3 is 5.97 Å². The predicted molar refractivity (Wildman–Crippen MR) is 136 cm³/mol. The summed E-state index contributed by atoms with van der Waals surface area (Å²) in [4.78, 5) is 41.9. The maximum atomic E-state index is 13.5. The van der Waals surface area contributed by atoms with Gasteiger partial charge in [-0.3, -0.25) is 9.59 Å². The fourth-order valence-electron chi connectivity index (χ4n) is 4.37. The Labute approximate surface area is 216 Å². The molecule has 0 aliphatic carbocycles. The second-order valence-corrected chi connectivity index (χ2v) is 8.76. The van der Waals surface area contributed by atoms with Crippen LogP contribution in [0.5, 0.6) is 11.5 Å². The average molecular weight is 513 g/mol. The lowest BCUT2D eigenvalue weighted by Crippen LogP contribution is -2.45. The summed E-state index contributed by atoms with van der Waals surface area (Å²) in [7, 11) is 4.80. The molecular formula is C28H33FN2O6. The molecule has 2 amide bonds. The number of halogens is 1. The minimum atomic E-state index is -0.582. The van der Waals surface area contributed by atoms with Crippen LogP contribution < -0.4 is 9.47 Å². The summed E-state index contributed by atoms with van der Waals surface area (Å²) >= 11 is 0. The number of benzene rings is 2. The topological polar surface area (TPSA) is 85.4 Å². The van der Waals surface area contributed by atoms with Gasteiger partial charge in [-0.25, -0.2) is 9.18 Å². The third kappa shape index (κ3) is 6.47. The number of hydrogen-bond donors (Lipinski definition) is 0. The molecule has 3 rings (SSSR count). The van der Waals surface area contributed by atoms with Crippen molar-refractivity contribution in [2.75, 3.05) is 41.0 Å². The van der Waals surface area contributed by atoms with E-state index in [0.717, 1.165) is 5.56 Å². The Kier molecular flexibility index (Phi) is 9.27. The lowest BCUT2D eigenvalue weighted by atomic mass is 9.83. The van der Waals surface area contributed by atoms with Crippen molar-refractivity contribution in [3.05, 3.63) is 70.7 Å². The fraction of sp³-hybridized carbons (Fsp3) is 0.393. The molecule has 1 heterocycles. The smallest absolute Gasteiger partial charge is 0.336 e. The van der Waals surface area contributed by atoms with Gasteiger partial charge in [-0.1, -0.05) is 18.2 Å². The van der Waals surface area contributed by atoms with E-state index in [2.05, 4.69) is 0 Å². The highest BCUT2D eigenvalue weighted by molar-refractivity contribution is 5.97. The molecule has 0 spiro atoms. The van der Waals surface area contributed by atoms with Crippen LogP contribution in [0.15, 0.2) is 53.7 Å². The number of methoxy groups -OCH3 is 2. The van der Waals surface area contributed by atoms with E-state index < -0.39 is 17.7 Å². The lowest BCUT2D eigenvalue weighted by molar-refractivity contribution is -0.142. The predicted octanol–water partition coefficient (Wildman–Crippen LogP) is 3.70. The number of esters is 1. The van der Waals surface area contributed by atoms with Crippen LogP contribution in [0, 0.1) is 5.82 Å². The first kappa shape index (κ1) is 27.7. The molecule has 9 heteroatoms. The molecule has 0 bridgehead atoms. The number of allylic oxidation sites excluding steroid dienone is 1. The second-order valence-electron chi connectivity index (χ2n) is 8.76. The molecule has 1 aliphatic heterocycles. The van der Waals surface area contributed by atoms with Crippen molar-refractivity contribution >= 4 is 17.8 Å². The monoisotopic (exact) mass is 512 g/mol. The van der Waals surface area contributed by atoms with Crippen molar-refractivity contribution in [3.63, 3.8) is 0 Å². The SMILES string of the molecule is CCOC(=O)C1=C(C)N(CC(=O)N(C)CCc2ccc(OC)c(OC)c2)C(=O)CC1c1ccc(F)cc1. The quantitative estimate of drug-likeness (QED) is 0.452. The summed E-state index contributed by atoms with van der Waals surface area (Å²) in [6.45, 7) is 3.71. The Morgan fingerprint density at radius 2 is 1.76 bits per heavy atom. The zero-order valence-electron chi connectivity index (χ0n) is 21.9. The number of carbonyl (C=O) groups excluding carboxylic acids is 3. The molecular weight excluding hydrogens is 479 g/mol. The van der Waals surface area contributed by atoms with E-state index in [-0.39, 0.29) is 31.4 Å². The maximum absolute atomic E-state index is 13.5. The molecule has 1 unspecified atom stereocenters. The summed E-state index contributed by atoms with van der Waals surface area (Å²) < 4.78 is 29.3. The number of likely N-dealkylation sites (N-methyl/N-ethyl adjacent to an activating group) is 1. The molecule has 0 saturated heterocycles. The highest BCUT2D eigenvalue weighted by Crippen LogP contribution is 2.37. The molecule has 2 aromatic carbocycles. The first-order valence-electron chi connectivity index (χ1n) is 12.1. The Morgan fingerprint density at radius 1 is 1.08 bits per heavy atom. The first-order valence-corrected chi connectivity index (χ1v) is 12.1. The lowest BCUT2D eigenvalue weighted by Gasteiger charge is -2.34. The van der Waals surface area contributed by atoms with Crippen LogP contribution in [-0.2, 0) is 25.5 Å². The van der Waals surface area contributed by atoms with Gasteiger partial charge in [0.25, 0.3) is 0 Å². The summed E-state index contributed by atoms with van der Waals surface area (Å²) in [6.07, 6.45) is 0.547. The first-order chi connectivity index (χ1) is 17.7. The largest absolute Gasteiger partial charge is 0.493 e. The van der Waals surface area contributed by atoms with E-state index in [9.17, 15) is 18.8 Å². The number of ether oxygens (including phenoxy) is 3. The summed E-state index contributed by atoms with van der Waals surface area (Å²) in [5.41, 5.74) is 2.27. The van der Waals surface area contributed by atoms with Crippen LogP contribution in [0.4, 0.5) is 4.39 Å². The van der Waals surface area contributed by atoms with Crippen molar-refractivity contribution in [1.82, 2.24) is 9.80 Å². The van der Waals surface area contributed by atoms with Crippen molar-refractivity contribution in [3.8, 4) is 11.5 Å². The minimum absolute atomic E-state index is 0.0280. The van der Waals surface area contributed by atoms with Crippen molar-refractivity contribution < 1.29 is 33.0 Å². The highest BCUT2D eigenvalue weighted by Gasteiger charge is 2.37. The molecule has 0 fully saturated rings. The van der Waals surface area contributed by atoms with Crippen LogP contribution in [0.1, 0.15) is 37.3 Å². The van der Waals surface area contributed by atoms with Crippen molar-refractivity contribution in [2.24, 2.45) is 0 Å². The number of hydrogen-bond acceptors (Lipinski definition) is 6. The van der Waals surface area contributed by atoms with E-state index in [4.69, 9.17) is 14.2 Å². The number of carbonyl (C=O) groups is 3. The van der Waals surface area contributed by atoms with Crippen LogP contribution in [0.25, 0.3) is 0 Å². The molecule has 0 aromatic heterocycles. The van der Waals surface area contributed by atoms with Crippen molar-refractivity contribution in [2.45, 2.75) is 32.6 Å². The van der Waals surface area contributed by atoms with E-state index in [0.29, 0.717) is 41.3 Å². The van der Waals surface area contributed by atoms with Gasteiger partial charge in [0.05, 0.1) is 26.4 Å². The van der Waals surface area contributed by atoms with Gasteiger partial charge in [0.15, 0.2) is 11.5 Å². The van der Waals surface area contributed by atoms with E-state index in [1.165, 1.54) is 17.0 Å². The molecule has 1 aliphatic rings. The summed E-state index contributed by atoms with van der Waals surface area (Å²) in [6, 6.07) is 11.3. The summed E-state index contributed by atoms with van der Waals surface area (Å²) in [5.74, 6) is -0.873. The third-order valence-electron chi connectivity index (χ3n) is 6.49. The molecule has 198 valence electrons. The Bertz CT molecular complexity index is 1180. The molecule has 2 aromatic rings. The van der Waals surface area contributed by atoms with Crippen LogP contribution in [-0.4, -0.2) is 68.5 Å². The molecule has 8 nitrogen and oxygen atoms in total. The molecule has 0 N–H and O–H groups in total. The van der Waals surface area contributed by atoms with Gasteiger partial charge in [-0.05, 0) is 55.7 Å². The fourth-order valence-corrected chi connectivity index (χ4v) is 4.37. The Balaban J connectivity index is 1.77. The molecule has 0 saturated carbocycles. The normalized spacial score (nSPS) is 15.5. The van der Waals surface area contributed by atoms with Crippen molar-refractivity contribution in [1.29, 1.82) is 0 Å².